The van der Waals surface area contributed by atoms with Crippen LogP contribution in [-0.2, 0) is 0 Å². The SMILES string of the molecule is CCNCCN(C)c1nccc2occc12. The van der Waals surface area contributed by atoms with Crippen LogP contribution in [0.4, 0.5) is 5.82 Å². The average Bonchev–Trinajstić information content (AvgIpc) is 2.76. The highest BCUT2D eigenvalue weighted by atomic mass is 16.3. The fraction of sp³-hybridized carbons (Fsp3) is 0.417. The van der Waals surface area contributed by atoms with Crippen molar-refractivity contribution < 1.29 is 4.42 Å². The summed E-state index contributed by atoms with van der Waals surface area (Å²) in [6.07, 6.45) is 3.49. The fourth-order valence-electron chi connectivity index (χ4n) is 1.71. The Morgan fingerprint density at radius 3 is 3.12 bits per heavy atom. The summed E-state index contributed by atoms with van der Waals surface area (Å²) < 4.78 is 5.35. The first-order valence-electron chi connectivity index (χ1n) is 5.57. The summed E-state index contributed by atoms with van der Waals surface area (Å²) in [4.78, 5) is 6.54. The standard InChI is InChI=1S/C12H17N3O/c1-3-13-7-8-15(2)12-10-5-9-16-11(10)4-6-14-12/h4-6,9,13H,3,7-8H2,1-2H3. The summed E-state index contributed by atoms with van der Waals surface area (Å²) >= 11 is 0. The molecule has 0 unspecified atom stereocenters. The summed E-state index contributed by atoms with van der Waals surface area (Å²) in [7, 11) is 2.05. The van der Waals surface area contributed by atoms with Crippen molar-refractivity contribution in [1.82, 2.24) is 10.3 Å². The Hall–Kier alpha value is -1.55. The number of rotatable bonds is 5. The van der Waals surface area contributed by atoms with Crippen molar-refractivity contribution in [2.45, 2.75) is 6.92 Å². The number of likely N-dealkylation sites (N-methyl/N-ethyl adjacent to an activating group) is 2. The molecule has 0 aliphatic heterocycles. The Labute approximate surface area is 95.3 Å². The Kier molecular flexibility index (Phi) is 3.41. The third-order valence-electron chi connectivity index (χ3n) is 2.59. The molecular formula is C12H17N3O. The van der Waals surface area contributed by atoms with E-state index >= 15 is 0 Å². The van der Waals surface area contributed by atoms with E-state index in [2.05, 4.69) is 22.1 Å². The minimum Gasteiger partial charge on any atom is -0.464 e. The molecule has 86 valence electrons. The predicted octanol–water partition coefficient (Wildman–Crippen LogP) is 1.87. The molecule has 0 amide bonds. The van der Waals surface area contributed by atoms with Crippen LogP contribution < -0.4 is 10.2 Å². The van der Waals surface area contributed by atoms with Gasteiger partial charge < -0.3 is 14.6 Å². The van der Waals surface area contributed by atoms with Gasteiger partial charge in [0.2, 0.25) is 0 Å². The number of nitrogens with one attached hydrogen (secondary N) is 1. The van der Waals surface area contributed by atoms with Crippen LogP contribution in [-0.4, -0.2) is 31.7 Å². The molecule has 0 aromatic carbocycles. The van der Waals surface area contributed by atoms with E-state index in [4.69, 9.17) is 4.42 Å². The molecule has 4 heteroatoms. The van der Waals surface area contributed by atoms with Crippen LogP contribution in [0.5, 0.6) is 0 Å². The van der Waals surface area contributed by atoms with Gasteiger partial charge in [-0.15, -0.1) is 0 Å². The van der Waals surface area contributed by atoms with Gasteiger partial charge in [0, 0.05) is 26.3 Å². The molecule has 1 N–H and O–H groups in total. The van der Waals surface area contributed by atoms with E-state index in [1.165, 1.54) is 0 Å². The van der Waals surface area contributed by atoms with E-state index in [9.17, 15) is 0 Å². The number of furan rings is 1. The van der Waals surface area contributed by atoms with Crippen molar-refractivity contribution in [3.05, 3.63) is 24.6 Å². The molecule has 4 nitrogen and oxygen atoms in total. The van der Waals surface area contributed by atoms with E-state index in [-0.39, 0.29) is 0 Å². The first-order valence-corrected chi connectivity index (χ1v) is 5.57. The largest absolute Gasteiger partial charge is 0.464 e. The van der Waals surface area contributed by atoms with Gasteiger partial charge in [-0.25, -0.2) is 4.98 Å². The lowest BCUT2D eigenvalue weighted by atomic mass is 10.3. The molecule has 0 spiro atoms. The second kappa shape index (κ2) is 4.99. The number of pyridine rings is 1. The minimum atomic E-state index is 0.889. The molecule has 0 atom stereocenters. The van der Waals surface area contributed by atoms with Crippen LogP contribution in [0.3, 0.4) is 0 Å². The molecule has 0 saturated carbocycles. The van der Waals surface area contributed by atoms with Crippen LogP contribution >= 0.6 is 0 Å². The number of anilines is 1. The van der Waals surface area contributed by atoms with Crippen molar-refractivity contribution in [3.63, 3.8) is 0 Å². The molecule has 0 aliphatic rings. The van der Waals surface area contributed by atoms with Crippen LogP contribution in [0.1, 0.15) is 6.92 Å². The molecule has 0 aliphatic carbocycles. The maximum atomic E-state index is 5.35. The van der Waals surface area contributed by atoms with E-state index in [1.54, 1.807) is 12.5 Å². The summed E-state index contributed by atoms with van der Waals surface area (Å²) in [6.45, 7) is 5.00. The maximum absolute atomic E-state index is 5.35. The molecule has 2 aromatic heterocycles. The first-order chi connectivity index (χ1) is 7.83. The van der Waals surface area contributed by atoms with Crippen molar-refractivity contribution in [3.8, 4) is 0 Å². The third kappa shape index (κ3) is 2.17. The van der Waals surface area contributed by atoms with E-state index in [0.717, 1.165) is 36.4 Å². The summed E-state index contributed by atoms with van der Waals surface area (Å²) in [5.74, 6) is 0.976. The van der Waals surface area contributed by atoms with Crippen LogP contribution in [0.2, 0.25) is 0 Å². The zero-order chi connectivity index (χ0) is 11.4. The van der Waals surface area contributed by atoms with Crippen molar-refractivity contribution in [1.29, 1.82) is 0 Å². The predicted molar refractivity (Wildman–Crippen MR) is 65.8 cm³/mol. The van der Waals surface area contributed by atoms with Crippen LogP contribution in [0.25, 0.3) is 11.0 Å². The fourth-order valence-corrected chi connectivity index (χ4v) is 1.71. The molecule has 0 fully saturated rings. The Morgan fingerprint density at radius 2 is 2.31 bits per heavy atom. The van der Waals surface area contributed by atoms with Gasteiger partial charge in [-0.05, 0) is 18.7 Å². The zero-order valence-corrected chi connectivity index (χ0v) is 9.73. The monoisotopic (exact) mass is 219 g/mol. The number of nitrogens with zero attached hydrogens (tertiary/aromatic N) is 2. The number of fused-ring (bicyclic) bond motifs is 1. The van der Waals surface area contributed by atoms with Gasteiger partial charge in [0.15, 0.2) is 0 Å². The van der Waals surface area contributed by atoms with Gasteiger partial charge in [0.25, 0.3) is 0 Å². The highest BCUT2D eigenvalue weighted by Crippen LogP contribution is 2.23. The molecule has 16 heavy (non-hydrogen) atoms. The second-order valence-electron chi connectivity index (χ2n) is 3.74. The lowest BCUT2D eigenvalue weighted by Gasteiger charge is -2.18. The number of aromatic nitrogens is 1. The first kappa shape index (κ1) is 11.0. The van der Waals surface area contributed by atoms with Gasteiger partial charge in [-0.3, -0.25) is 0 Å². The molecule has 2 rings (SSSR count). The van der Waals surface area contributed by atoms with Crippen molar-refractivity contribution in [2.24, 2.45) is 0 Å². The van der Waals surface area contributed by atoms with Gasteiger partial charge in [0.05, 0.1) is 11.6 Å². The van der Waals surface area contributed by atoms with E-state index < -0.39 is 0 Å². The highest BCUT2D eigenvalue weighted by molar-refractivity contribution is 5.88. The average molecular weight is 219 g/mol. The molecular weight excluding hydrogens is 202 g/mol. The maximum Gasteiger partial charge on any atom is 0.139 e. The van der Waals surface area contributed by atoms with E-state index in [0.29, 0.717) is 0 Å². The molecule has 2 heterocycles. The van der Waals surface area contributed by atoms with E-state index in [1.807, 2.05) is 19.2 Å². The molecule has 0 bridgehead atoms. The van der Waals surface area contributed by atoms with Gasteiger partial charge >= 0.3 is 0 Å². The third-order valence-corrected chi connectivity index (χ3v) is 2.59. The quantitative estimate of drug-likeness (QED) is 0.779. The molecule has 0 radical (unpaired) electrons. The normalized spacial score (nSPS) is 10.9. The lowest BCUT2D eigenvalue weighted by Crippen LogP contribution is -2.29. The Bertz CT molecular complexity index is 452. The molecule has 2 aromatic rings. The summed E-state index contributed by atoms with van der Waals surface area (Å²) in [5.41, 5.74) is 0.889. The number of hydrogen-bond donors (Lipinski definition) is 1. The van der Waals surface area contributed by atoms with Gasteiger partial charge in [0.1, 0.15) is 11.4 Å². The highest BCUT2D eigenvalue weighted by Gasteiger charge is 2.08. The summed E-state index contributed by atoms with van der Waals surface area (Å²) in [6, 6.07) is 3.85. The lowest BCUT2D eigenvalue weighted by molar-refractivity contribution is 0.615. The second-order valence-corrected chi connectivity index (χ2v) is 3.74. The van der Waals surface area contributed by atoms with Crippen molar-refractivity contribution >= 4 is 16.8 Å². The molecule has 0 saturated heterocycles. The van der Waals surface area contributed by atoms with Gasteiger partial charge in [-0.1, -0.05) is 6.92 Å². The minimum absolute atomic E-state index is 0.889. The number of hydrogen-bond acceptors (Lipinski definition) is 4. The zero-order valence-electron chi connectivity index (χ0n) is 9.73. The topological polar surface area (TPSA) is 41.3 Å². The van der Waals surface area contributed by atoms with Crippen LogP contribution in [0.15, 0.2) is 29.0 Å². The van der Waals surface area contributed by atoms with Gasteiger partial charge in [-0.2, -0.15) is 0 Å². The Balaban J connectivity index is 2.15. The van der Waals surface area contributed by atoms with Crippen LogP contribution in [0, 0.1) is 0 Å². The Morgan fingerprint density at radius 1 is 1.44 bits per heavy atom. The van der Waals surface area contributed by atoms with Crippen molar-refractivity contribution in [2.75, 3.05) is 31.6 Å². The smallest absolute Gasteiger partial charge is 0.139 e. The summed E-state index contributed by atoms with van der Waals surface area (Å²) in [5, 5.41) is 4.37.